The van der Waals surface area contributed by atoms with Crippen LogP contribution in [0.25, 0.3) is 0 Å². The highest BCUT2D eigenvalue weighted by Gasteiger charge is 2.35. The van der Waals surface area contributed by atoms with E-state index in [-0.39, 0.29) is 11.8 Å². The van der Waals surface area contributed by atoms with Gasteiger partial charge in [-0.15, -0.1) is 0 Å². The van der Waals surface area contributed by atoms with E-state index >= 15 is 0 Å². The summed E-state index contributed by atoms with van der Waals surface area (Å²) in [5.74, 6) is -0.403. The van der Waals surface area contributed by atoms with Crippen molar-refractivity contribution >= 4 is 35.0 Å². The summed E-state index contributed by atoms with van der Waals surface area (Å²) in [5, 5.41) is 3.71. The Bertz CT molecular complexity index is 821. The summed E-state index contributed by atoms with van der Waals surface area (Å²) in [6.07, 6.45) is 1.43. The monoisotopic (exact) mass is 390 g/mol. The molecule has 26 heavy (non-hydrogen) atoms. The number of likely N-dealkylation sites (tertiary alicyclic amines) is 1. The Morgan fingerprint density at radius 3 is 2.62 bits per heavy atom. The number of amides is 2. The number of hydrogen-bond donors (Lipinski definition) is 1. The average molecular weight is 391 g/mol. The van der Waals surface area contributed by atoms with E-state index in [0.29, 0.717) is 35.1 Å². The van der Waals surface area contributed by atoms with Crippen molar-refractivity contribution < 1.29 is 9.59 Å². The van der Waals surface area contributed by atoms with Crippen LogP contribution >= 0.6 is 23.2 Å². The van der Waals surface area contributed by atoms with E-state index in [1.807, 2.05) is 31.2 Å². The number of rotatable bonds is 4. The summed E-state index contributed by atoms with van der Waals surface area (Å²) in [7, 11) is 0. The molecule has 0 radical (unpaired) electrons. The van der Waals surface area contributed by atoms with Gasteiger partial charge in [-0.3, -0.25) is 9.59 Å². The molecule has 2 aromatic carbocycles. The van der Waals surface area contributed by atoms with Gasteiger partial charge in [0.05, 0.1) is 10.6 Å². The summed E-state index contributed by atoms with van der Waals surface area (Å²) in [6.45, 7) is 2.99. The first-order valence-corrected chi connectivity index (χ1v) is 9.30. The quantitative estimate of drug-likeness (QED) is 0.849. The molecule has 0 spiro atoms. The van der Waals surface area contributed by atoms with Crippen molar-refractivity contribution in [1.29, 1.82) is 0 Å². The zero-order chi connectivity index (χ0) is 18.7. The number of nitrogens with one attached hydrogen (secondary N) is 1. The Hall–Kier alpha value is -2.04. The van der Waals surface area contributed by atoms with Gasteiger partial charge in [0.25, 0.3) is 5.91 Å². The lowest BCUT2D eigenvalue weighted by atomic mass is 10.1. The van der Waals surface area contributed by atoms with Crippen molar-refractivity contribution in [3.63, 3.8) is 0 Å². The van der Waals surface area contributed by atoms with Gasteiger partial charge in [-0.05, 0) is 43.5 Å². The van der Waals surface area contributed by atoms with E-state index in [4.69, 9.17) is 23.2 Å². The minimum atomic E-state index is -0.483. The van der Waals surface area contributed by atoms with Gasteiger partial charge in [-0.25, -0.2) is 0 Å². The minimum absolute atomic E-state index is 0.144. The van der Waals surface area contributed by atoms with Crippen LogP contribution in [0.15, 0.2) is 42.5 Å². The summed E-state index contributed by atoms with van der Waals surface area (Å²) in [5.41, 5.74) is 2.53. The molecule has 136 valence electrons. The first-order valence-electron chi connectivity index (χ1n) is 8.55. The zero-order valence-electron chi connectivity index (χ0n) is 14.5. The van der Waals surface area contributed by atoms with E-state index in [1.54, 1.807) is 23.1 Å². The van der Waals surface area contributed by atoms with Crippen molar-refractivity contribution in [2.24, 2.45) is 0 Å². The molecule has 2 amide bonds. The lowest BCUT2D eigenvalue weighted by molar-refractivity contribution is -0.125. The van der Waals surface area contributed by atoms with Crippen molar-refractivity contribution in [3.05, 3.63) is 69.2 Å². The van der Waals surface area contributed by atoms with Crippen molar-refractivity contribution in [3.8, 4) is 0 Å². The van der Waals surface area contributed by atoms with Crippen molar-refractivity contribution in [2.45, 2.75) is 32.4 Å². The van der Waals surface area contributed by atoms with Crippen LogP contribution in [0.4, 0.5) is 0 Å². The highest BCUT2D eigenvalue weighted by Crippen LogP contribution is 2.26. The van der Waals surface area contributed by atoms with Crippen LogP contribution in [-0.4, -0.2) is 29.3 Å². The molecule has 1 aliphatic heterocycles. The maximum absolute atomic E-state index is 12.8. The summed E-state index contributed by atoms with van der Waals surface area (Å²) >= 11 is 12.1. The predicted octanol–water partition coefficient (Wildman–Crippen LogP) is 4.22. The third kappa shape index (κ3) is 4.19. The first kappa shape index (κ1) is 18.7. The van der Waals surface area contributed by atoms with E-state index in [2.05, 4.69) is 5.32 Å². The molecule has 0 aromatic heterocycles. The van der Waals surface area contributed by atoms with Crippen LogP contribution in [0.5, 0.6) is 0 Å². The topological polar surface area (TPSA) is 49.4 Å². The van der Waals surface area contributed by atoms with E-state index < -0.39 is 6.04 Å². The molecule has 0 bridgehead atoms. The maximum Gasteiger partial charge on any atom is 0.256 e. The molecule has 0 saturated carbocycles. The molecule has 3 rings (SSSR count). The molecule has 0 aliphatic carbocycles. The number of halogens is 2. The molecule has 2 aromatic rings. The maximum atomic E-state index is 12.8. The van der Waals surface area contributed by atoms with Gasteiger partial charge < -0.3 is 10.2 Å². The van der Waals surface area contributed by atoms with Crippen LogP contribution in [-0.2, 0) is 11.3 Å². The number of benzene rings is 2. The normalized spacial score (nSPS) is 16.6. The van der Waals surface area contributed by atoms with Crippen LogP contribution in [0, 0.1) is 6.92 Å². The molecule has 1 atom stereocenters. The van der Waals surface area contributed by atoms with Gasteiger partial charge >= 0.3 is 0 Å². The standard InChI is InChI=1S/C20H20Cl2N2O2/c1-13-4-6-14(7-5-13)12-23-19(25)18-3-2-10-24(18)20(26)16-11-15(21)8-9-17(16)22/h4-9,11,18H,2-3,10,12H2,1H3,(H,23,25). The van der Waals surface area contributed by atoms with Gasteiger partial charge in [0.15, 0.2) is 0 Å². The Morgan fingerprint density at radius 2 is 1.88 bits per heavy atom. The smallest absolute Gasteiger partial charge is 0.256 e. The van der Waals surface area contributed by atoms with Gasteiger partial charge in [0, 0.05) is 18.1 Å². The van der Waals surface area contributed by atoms with E-state index in [9.17, 15) is 9.59 Å². The third-order valence-electron chi connectivity index (χ3n) is 4.56. The summed E-state index contributed by atoms with van der Waals surface area (Å²) < 4.78 is 0. The van der Waals surface area contributed by atoms with Gasteiger partial charge in [0.1, 0.15) is 6.04 Å². The molecule has 1 heterocycles. The number of hydrogen-bond acceptors (Lipinski definition) is 2. The molecule has 1 aliphatic rings. The Balaban J connectivity index is 1.68. The Labute approximate surface area is 163 Å². The number of nitrogens with zero attached hydrogens (tertiary/aromatic N) is 1. The minimum Gasteiger partial charge on any atom is -0.350 e. The summed E-state index contributed by atoms with van der Waals surface area (Å²) in [4.78, 5) is 27.1. The molecule has 4 nitrogen and oxygen atoms in total. The van der Waals surface area contributed by atoms with Gasteiger partial charge in [0.2, 0.25) is 5.91 Å². The zero-order valence-corrected chi connectivity index (χ0v) is 16.0. The average Bonchev–Trinajstić information content (AvgIpc) is 3.12. The number of carbonyl (C=O) groups excluding carboxylic acids is 2. The second kappa shape index (κ2) is 8.11. The molecule has 1 fully saturated rings. The fourth-order valence-corrected chi connectivity index (χ4v) is 3.48. The number of aryl methyl sites for hydroxylation is 1. The van der Waals surface area contributed by atoms with Crippen molar-refractivity contribution in [1.82, 2.24) is 10.2 Å². The molecular formula is C20H20Cl2N2O2. The van der Waals surface area contributed by atoms with Crippen LogP contribution < -0.4 is 5.32 Å². The highest BCUT2D eigenvalue weighted by molar-refractivity contribution is 6.35. The molecule has 1 unspecified atom stereocenters. The van der Waals surface area contributed by atoms with Gasteiger partial charge in [-0.1, -0.05) is 53.0 Å². The first-order chi connectivity index (χ1) is 12.5. The number of carbonyl (C=O) groups is 2. The second-order valence-electron chi connectivity index (χ2n) is 6.48. The van der Waals surface area contributed by atoms with Crippen LogP contribution in [0.1, 0.15) is 34.3 Å². The Morgan fingerprint density at radius 1 is 1.15 bits per heavy atom. The Kier molecular flexibility index (Phi) is 5.84. The van der Waals surface area contributed by atoms with E-state index in [0.717, 1.165) is 12.0 Å². The van der Waals surface area contributed by atoms with Crippen LogP contribution in [0.2, 0.25) is 10.0 Å². The molecule has 1 saturated heterocycles. The predicted molar refractivity (Wildman–Crippen MR) is 104 cm³/mol. The fraction of sp³-hybridized carbons (Fsp3) is 0.300. The lowest BCUT2D eigenvalue weighted by Gasteiger charge is -2.24. The molecule has 6 heteroatoms. The summed E-state index contributed by atoms with van der Waals surface area (Å²) in [6, 6.07) is 12.3. The molecular weight excluding hydrogens is 371 g/mol. The highest BCUT2D eigenvalue weighted by atomic mass is 35.5. The van der Waals surface area contributed by atoms with Crippen molar-refractivity contribution in [2.75, 3.05) is 6.54 Å². The van der Waals surface area contributed by atoms with Crippen LogP contribution in [0.3, 0.4) is 0 Å². The fourth-order valence-electron chi connectivity index (χ4n) is 3.11. The van der Waals surface area contributed by atoms with Gasteiger partial charge in [-0.2, -0.15) is 0 Å². The van der Waals surface area contributed by atoms with E-state index in [1.165, 1.54) is 5.56 Å². The molecule has 1 N–H and O–H groups in total. The largest absolute Gasteiger partial charge is 0.350 e. The lowest BCUT2D eigenvalue weighted by Crippen LogP contribution is -2.45. The third-order valence-corrected chi connectivity index (χ3v) is 5.13. The second-order valence-corrected chi connectivity index (χ2v) is 7.33. The SMILES string of the molecule is Cc1ccc(CNC(=O)C2CCCN2C(=O)c2cc(Cl)ccc2Cl)cc1.